The molecule has 0 aliphatic carbocycles. The standard InChI is InChI=1S/C9H16N2O4/c1-7(8(12)13)10-9(14)11-3-2-5-15-6-4-11/h7H,2-6H2,1H3,(H,10,14)(H,12,13). The molecular weight excluding hydrogens is 200 g/mol. The third kappa shape index (κ3) is 3.75. The molecule has 2 amide bonds. The smallest absolute Gasteiger partial charge is 0.325 e. The van der Waals surface area contributed by atoms with Gasteiger partial charge in [-0.25, -0.2) is 4.79 Å². The largest absolute Gasteiger partial charge is 0.480 e. The summed E-state index contributed by atoms with van der Waals surface area (Å²) < 4.78 is 5.19. The Morgan fingerprint density at radius 1 is 1.40 bits per heavy atom. The Kier molecular flexibility index (Phi) is 4.36. The number of nitrogens with one attached hydrogen (secondary N) is 1. The van der Waals surface area contributed by atoms with Crippen LogP contribution in [0.3, 0.4) is 0 Å². The second-order valence-corrected chi connectivity index (χ2v) is 3.46. The molecule has 0 aromatic carbocycles. The zero-order chi connectivity index (χ0) is 11.3. The summed E-state index contributed by atoms with van der Waals surface area (Å²) in [4.78, 5) is 23.7. The molecule has 6 heteroatoms. The van der Waals surface area contributed by atoms with Crippen LogP contribution in [0.15, 0.2) is 0 Å². The van der Waals surface area contributed by atoms with E-state index >= 15 is 0 Å². The summed E-state index contributed by atoms with van der Waals surface area (Å²) in [7, 11) is 0. The van der Waals surface area contributed by atoms with Gasteiger partial charge in [0.15, 0.2) is 0 Å². The first-order chi connectivity index (χ1) is 7.11. The summed E-state index contributed by atoms with van der Waals surface area (Å²) in [6.45, 7) is 3.72. The summed E-state index contributed by atoms with van der Waals surface area (Å²) in [5, 5.41) is 11.0. The number of ether oxygens (including phenoxy) is 1. The highest BCUT2D eigenvalue weighted by atomic mass is 16.5. The highest BCUT2D eigenvalue weighted by Gasteiger charge is 2.19. The van der Waals surface area contributed by atoms with Crippen LogP contribution >= 0.6 is 0 Å². The Morgan fingerprint density at radius 3 is 2.80 bits per heavy atom. The van der Waals surface area contributed by atoms with Crippen LogP contribution in [0.2, 0.25) is 0 Å². The average Bonchev–Trinajstić information content (AvgIpc) is 2.45. The van der Waals surface area contributed by atoms with E-state index in [1.807, 2.05) is 0 Å². The van der Waals surface area contributed by atoms with E-state index in [0.29, 0.717) is 26.3 Å². The van der Waals surface area contributed by atoms with Crippen molar-refractivity contribution in [2.75, 3.05) is 26.3 Å². The van der Waals surface area contributed by atoms with Gasteiger partial charge in [-0.2, -0.15) is 0 Å². The second-order valence-electron chi connectivity index (χ2n) is 3.46. The van der Waals surface area contributed by atoms with E-state index in [1.165, 1.54) is 6.92 Å². The van der Waals surface area contributed by atoms with E-state index in [4.69, 9.17) is 9.84 Å². The maximum Gasteiger partial charge on any atom is 0.325 e. The predicted octanol–water partition coefficient (Wildman–Crippen LogP) is -0.109. The molecule has 1 aliphatic heterocycles. The Morgan fingerprint density at radius 2 is 2.13 bits per heavy atom. The lowest BCUT2D eigenvalue weighted by Gasteiger charge is -2.21. The molecule has 0 aromatic heterocycles. The summed E-state index contributed by atoms with van der Waals surface area (Å²) in [5.41, 5.74) is 0. The van der Waals surface area contributed by atoms with Gasteiger partial charge >= 0.3 is 12.0 Å². The van der Waals surface area contributed by atoms with Gasteiger partial charge in [0.2, 0.25) is 0 Å². The van der Waals surface area contributed by atoms with Crippen LogP contribution in [0, 0.1) is 0 Å². The van der Waals surface area contributed by atoms with Crippen molar-refractivity contribution in [3.63, 3.8) is 0 Å². The minimum Gasteiger partial charge on any atom is -0.480 e. The number of carbonyl (C=O) groups excluding carboxylic acids is 1. The van der Waals surface area contributed by atoms with Crippen LogP contribution in [0.4, 0.5) is 4.79 Å². The van der Waals surface area contributed by atoms with Gasteiger partial charge in [-0.05, 0) is 13.3 Å². The quantitative estimate of drug-likeness (QED) is 0.675. The molecule has 1 unspecified atom stereocenters. The molecule has 86 valence electrons. The summed E-state index contributed by atoms with van der Waals surface area (Å²) in [6, 6.07) is -1.20. The number of carboxylic acids is 1. The van der Waals surface area contributed by atoms with Gasteiger partial charge in [-0.3, -0.25) is 4.79 Å². The summed E-state index contributed by atoms with van der Waals surface area (Å²) >= 11 is 0. The number of urea groups is 1. The number of carboxylic acid groups (broad SMARTS) is 1. The number of hydrogen-bond acceptors (Lipinski definition) is 3. The number of rotatable bonds is 2. The number of amides is 2. The van der Waals surface area contributed by atoms with Gasteiger partial charge < -0.3 is 20.1 Å². The van der Waals surface area contributed by atoms with E-state index in [2.05, 4.69) is 5.32 Å². The lowest BCUT2D eigenvalue weighted by molar-refractivity contribution is -0.138. The fourth-order valence-electron chi connectivity index (χ4n) is 1.29. The molecule has 0 spiro atoms. The van der Waals surface area contributed by atoms with E-state index < -0.39 is 12.0 Å². The van der Waals surface area contributed by atoms with Crippen molar-refractivity contribution in [3.05, 3.63) is 0 Å². The van der Waals surface area contributed by atoms with Gasteiger partial charge in [0.1, 0.15) is 6.04 Å². The lowest BCUT2D eigenvalue weighted by Crippen LogP contribution is -2.47. The normalized spacial score (nSPS) is 19.1. The second kappa shape index (κ2) is 5.55. The molecule has 2 N–H and O–H groups in total. The first-order valence-corrected chi connectivity index (χ1v) is 4.97. The van der Waals surface area contributed by atoms with Crippen LogP contribution in [-0.2, 0) is 9.53 Å². The van der Waals surface area contributed by atoms with Crippen molar-refractivity contribution < 1.29 is 19.4 Å². The maximum atomic E-state index is 11.6. The molecule has 1 heterocycles. The lowest BCUT2D eigenvalue weighted by atomic mass is 10.3. The Balaban J connectivity index is 2.41. The summed E-state index contributed by atoms with van der Waals surface area (Å²) in [5.74, 6) is -1.03. The highest BCUT2D eigenvalue weighted by Crippen LogP contribution is 1.99. The molecule has 0 aromatic rings. The van der Waals surface area contributed by atoms with Gasteiger partial charge in [-0.15, -0.1) is 0 Å². The Labute approximate surface area is 88.2 Å². The molecular formula is C9H16N2O4. The third-order valence-electron chi connectivity index (χ3n) is 2.22. The van der Waals surface area contributed by atoms with Crippen molar-refractivity contribution in [2.45, 2.75) is 19.4 Å². The first kappa shape index (κ1) is 11.8. The molecule has 0 radical (unpaired) electrons. The SMILES string of the molecule is CC(NC(=O)N1CCCOCC1)C(=O)O. The van der Waals surface area contributed by atoms with E-state index in [0.717, 1.165) is 6.42 Å². The highest BCUT2D eigenvalue weighted by molar-refractivity contribution is 5.82. The monoisotopic (exact) mass is 216 g/mol. The van der Waals surface area contributed by atoms with Crippen LogP contribution in [0.25, 0.3) is 0 Å². The fraction of sp³-hybridized carbons (Fsp3) is 0.778. The van der Waals surface area contributed by atoms with Crippen molar-refractivity contribution in [1.82, 2.24) is 10.2 Å². The molecule has 0 saturated carbocycles. The number of aliphatic carboxylic acids is 1. The average molecular weight is 216 g/mol. The van der Waals surface area contributed by atoms with E-state index in [9.17, 15) is 9.59 Å². The van der Waals surface area contributed by atoms with E-state index in [-0.39, 0.29) is 6.03 Å². The van der Waals surface area contributed by atoms with Gasteiger partial charge in [-0.1, -0.05) is 0 Å². The third-order valence-corrected chi connectivity index (χ3v) is 2.22. The molecule has 1 atom stereocenters. The molecule has 6 nitrogen and oxygen atoms in total. The number of nitrogens with zero attached hydrogens (tertiary/aromatic N) is 1. The van der Waals surface area contributed by atoms with Crippen molar-refractivity contribution in [1.29, 1.82) is 0 Å². The minimum absolute atomic E-state index is 0.338. The fourth-order valence-corrected chi connectivity index (χ4v) is 1.29. The zero-order valence-corrected chi connectivity index (χ0v) is 8.73. The molecule has 1 saturated heterocycles. The molecule has 1 fully saturated rings. The Bertz CT molecular complexity index is 236. The predicted molar refractivity (Wildman–Crippen MR) is 52.6 cm³/mol. The van der Waals surface area contributed by atoms with Crippen LogP contribution < -0.4 is 5.32 Å². The molecule has 15 heavy (non-hydrogen) atoms. The van der Waals surface area contributed by atoms with Crippen molar-refractivity contribution >= 4 is 12.0 Å². The maximum absolute atomic E-state index is 11.6. The van der Waals surface area contributed by atoms with Crippen molar-refractivity contribution in [2.24, 2.45) is 0 Å². The van der Waals surface area contributed by atoms with Gasteiger partial charge in [0.05, 0.1) is 6.61 Å². The molecule has 1 aliphatic rings. The molecule has 1 rings (SSSR count). The summed E-state index contributed by atoms with van der Waals surface area (Å²) in [6.07, 6.45) is 0.787. The first-order valence-electron chi connectivity index (χ1n) is 4.97. The van der Waals surface area contributed by atoms with Crippen molar-refractivity contribution in [3.8, 4) is 0 Å². The van der Waals surface area contributed by atoms with Crippen LogP contribution in [0.1, 0.15) is 13.3 Å². The van der Waals surface area contributed by atoms with Gasteiger partial charge in [0, 0.05) is 19.7 Å². The minimum atomic E-state index is -1.03. The van der Waals surface area contributed by atoms with Gasteiger partial charge in [0.25, 0.3) is 0 Å². The number of carbonyl (C=O) groups is 2. The topological polar surface area (TPSA) is 78.9 Å². The zero-order valence-electron chi connectivity index (χ0n) is 8.73. The molecule has 0 bridgehead atoms. The van der Waals surface area contributed by atoms with E-state index in [1.54, 1.807) is 4.90 Å². The Hall–Kier alpha value is -1.30. The number of hydrogen-bond donors (Lipinski definition) is 2. The van der Waals surface area contributed by atoms with Crippen LogP contribution in [-0.4, -0.2) is 54.4 Å². The van der Waals surface area contributed by atoms with Crippen LogP contribution in [0.5, 0.6) is 0 Å².